The molecule has 2 aromatic rings. The number of rotatable bonds is 1. The molecule has 2 aromatic heterocycles. The molecule has 0 aliphatic heterocycles. The molecule has 6 heteroatoms. The Hall–Kier alpha value is -1.85. The van der Waals surface area contributed by atoms with E-state index >= 15 is 0 Å². The summed E-state index contributed by atoms with van der Waals surface area (Å²) in [5.41, 5.74) is 0.501. The van der Waals surface area contributed by atoms with Gasteiger partial charge < -0.3 is 4.98 Å². The monoisotopic (exact) mass is 300 g/mol. The molecule has 1 N–H and O–H groups in total. The lowest BCUT2D eigenvalue weighted by atomic mass is 9.69. The van der Waals surface area contributed by atoms with E-state index in [0.717, 1.165) is 28.1 Å². The molecular formula is C16H20N4O2. The highest BCUT2D eigenvalue weighted by atomic mass is 16.2. The summed E-state index contributed by atoms with van der Waals surface area (Å²) in [6.07, 6.45) is 6.35. The van der Waals surface area contributed by atoms with Gasteiger partial charge in [0.1, 0.15) is 11.3 Å². The number of aromatic amines is 1. The molecule has 4 saturated carbocycles. The van der Waals surface area contributed by atoms with Gasteiger partial charge >= 0.3 is 5.69 Å². The van der Waals surface area contributed by atoms with Crippen LogP contribution >= 0.6 is 0 Å². The van der Waals surface area contributed by atoms with Crippen LogP contribution in [0.15, 0.2) is 9.59 Å². The minimum absolute atomic E-state index is 0.122. The first-order valence-corrected chi connectivity index (χ1v) is 8.15. The number of nitrogens with zero attached hydrogens (tertiary/aromatic N) is 3. The van der Waals surface area contributed by atoms with Crippen molar-refractivity contribution in [3.63, 3.8) is 0 Å². The third kappa shape index (κ3) is 1.34. The average molecular weight is 300 g/mol. The van der Waals surface area contributed by atoms with Crippen LogP contribution in [0, 0.1) is 17.8 Å². The number of aromatic nitrogens is 4. The first-order valence-electron chi connectivity index (χ1n) is 8.15. The maximum atomic E-state index is 12.4. The quantitative estimate of drug-likeness (QED) is 0.855. The summed E-state index contributed by atoms with van der Waals surface area (Å²) in [5.74, 6) is 3.47. The number of nitrogens with one attached hydrogen (secondary N) is 1. The molecule has 0 amide bonds. The van der Waals surface area contributed by atoms with E-state index in [4.69, 9.17) is 4.98 Å². The normalized spacial score (nSPS) is 35.8. The minimum atomic E-state index is -0.316. The van der Waals surface area contributed by atoms with Crippen LogP contribution in [-0.4, -0.2) is 19.1 Å². The van der Waals surface area contributed by atoms with Gasteiger partial charge in [0.25, 0.3) is 5.56 Å². The third-order valence-corrected chi connectivity index (χ3v) is 6.52. The van der Waals surface area contributed by atoms with Crippen molar-refractivity contribution < 1.29 is 0 Å². The van der Waals surface area contributed by atoms with Crippen molar-refractivity contribution in [1.82, 2.24) is 19.1 Å². The van der Waals surface area contributed by atoms with E-state index in [1.54, 1.807) is 7.05 Å². The highest BCUT2D eigenvalue weighted by Gasteiger charge is 2.57. The molecule has 2 atom stereocenters. The molecule has 0 radical (unpaired) electrons. The summed E-state index contributed by atoms with van der Waals surface area (Å²) in [5, 5.41) is 0. The number of fused-ring (bicyclic) bond motifs is 1. The number of aryl methyl sites for hydroxylation is 1. The summed E-state index contributed by atoms with van der Waals surface area (Å²) in [6.45, 7) is 0. The fourth-order valence-electron chi connectivity index (χ4n) is 5.68. The van der Waals surface area contributed by atoms with E-state index in [-0.39, 0.29) is 16.7 Å². The number of imidazole rings is 1. The van der Waals surface area contributed by atoms with Gasteiger partial charge in [0, 0.05) is 19.5 Å². The lowest BCUT2D eigenvalue weighted by Gasteiger charge is -2.36. The van der Waals surface area contributed by atoms with Crippen molar-refractivity contribution in [3.8, 4) is 0 Å². The van der Waals surface area contributed by atoms with Gasteiger partial charge in [-0.15, -0.1) is 0 Å². The Bertz CT molecular complexity index is 899. The van der Waals surface area contributed by atoms with Crippen molar-refractivity contribution in [2.75, 3.05) is 0 Å². The van der Waals surface area contributed by atoms with Crippen molar-refractivity contribution in [2.24, 2.45) is 31.8 Å². The Kier molecular flexibility index (Phi) is 2.15. The number of hydrogen-bond donors (Lipinski definition) is 1. The van der Waals surface area contributed by atoms with Crippen LogP contribution in [0.5, 0.6) is 0 Å². The third-order valence-electron chi connectivity index (χ3n) is 6.52. The maximum Gasteiger partial charge on any atom is 0.332 e. The van der Waals surface area contributed by atoms with Crippen molar-refractivity contribution in [3.05, 3.63) is 26.7 Å². The van der Waals surface area contributed by atoms with E-state index in [1.807, 2.05) is 0 Å². The SMILES string of the molecule is Cn1c(=O)c2[nH]c(C34CC5CC(C3)C(C5)C4)nc2n(C)c1=O. The summed E-state index contributed by atoms with van der Waals surface area (Å²) >= 11 is 0. The Labute approximate surface area is 127 Å². The fraction of sp³-hybridized carbons (Fsp3) is 0.688. The molecule has 2 heterocycles. The van der Waals surface area contributed by atoms with Crippen LogP contribution in [0.4, 0.5) is 0 Å². The van der Waals surface area contributed by atoms with Crippen molar-refractivity contribution >= 4 is 11.2 Å². The first-order chi connectivity index (χ1) is 10.5. The average Bonchev–Trinajstić information content (AvgIpc) is 3.13. The van der Waals surface area contributed by atoms with E-state index in [9.17, 15) is 9.59 Å². The first kappa shape index (κ1) is 12.7. The Balaban J connectivity index is 1.75. The zero-order chi connectivity index (χ0) is 15.2. The van der Waals surface area contributed by atoms with Gasteiger partial charge in [0.05, 0.1) is 0 Å². The van der Waals surface area contributed by atoms with Gasteiger partial charge in [-0.05, 0) is 49.9 Å². The molecule has 6 rings (SSSR count). The van der Waals surface area contributed by atoms with Gasteiger partial charge in [-0.2, -0.15) is 0 Å². The van der Waals surface area contributed by atoms with Crippen LogP contribution in [0.3, 0.4) is 0 Å². The summed E-state index contributed by atoms with van der Waals surface area (Å²) in [4.78, 5) is 32.4. The lowest BCUT2D eigenvalue weighted by Crippen LogP contribution is -2.36. The Morgan fingerprint density at radius 3 is 2.41 bits per heavy atom. The molecule has 22 heavy (non-hydrogen) atoms. The number of H-pyrrole nitrogens is 1. The molecule has 6 nitrogen and oxygen atoms in total. The zero-order valence-corrected chi connectivity index (χ0v) is 12.9. The Morgan fingerprint density at radius 1 is 1.09 bits per heavy atom. The second-order valence-corrected chi connectivity index (χ2v) is 7.74. The van der Waals surface area contributed by atoms with Gasteiger partial charge in [0.15, 0.2) is 5.65 Å². The van der Waals surface area contributed by atoms with Crippen LogP contribution in [0.1, 0.15) is 37.9 Å². The molecule has 0 aromatic carbocycles. The van der Waals surface area contributed by atoms with E-state index < -0.39 is 0 Å². The maximum absolute atomic E-state index is 12.4. The molecule has 116 valence electrons. The molecular weight excluding hydrogens is 280 g/mol. The summed E-state index contributed by atoms with van der Waals surface area (Å²) < 4.78 is 2.63. The predicted molar refractivity (Wildman–Crippen MR) is 81.8 cm³/mol. The van der Waals surface area contributed by atoms with E-state index in [2.05, 4.69) is 4.98 Å². The minimum Gasteiger partial charge on any atom is -0.336 e. The van der Waals surface area contributed by atoms with E-state index in [0.29, 0.717) is 11.2 Å². The molecule has 0 spiro atoms. The van der Waals surface area contributed by atoms with Gasteiger partial charge in [0.2, 0.25) is 0 Å². The molecule has 4 fully saturated rings. The zero-order valence-electron chi connectivity index (χ0n) is 12.9. The topological polar surface area (TPSA) is 72.7 Å². The molecule has 4 aliphatic rings. The highest BCUT2D eigenvalue weighted by Crippen LogP contribution is 2.64. The van der Waals surface area contributed by atoms with Crippen LogP contribution < -0.4 is 11.2 Å². The lowest BCUT2D eigenvalue weighted by molar-refractivity contribution is 0.220. The second kappa shape index (κ2) is 3.73. The van der Waals surface area contributed by atoms with Crippen molar-refractivity contribution in [1.29, 1.82) is 0 Å². The van der Waals surface area contributed by atoms with Crippen LogP contribution in [0.25, 0.3) is 11.2 Å². The van der Waals surface area contributed by atoms with Gasteiger partial charge in [-0.1, -0.05) is 0 Å². The predicted octanol–water partition coefficient (Wildman–Crippen LogP) is 1.04. The molecule has 2 unspecified atom stereocenters. The second-order valence-electron chi connectivity index (χ2n) is 7.74. The van der Waals surface area contributed by atoms with Gasteiger partial charge in [-0.25, -0.2) is 9.78 Å². The molecule has 0 saturated heterocycles. The smallest absolute Gasteiger partial charge is 0.332 e. The standard InChI is InChI=1S/C16H20N4O2/c1-19-12-11(13(21)20(2)15(19)22)17-14(18-12)16-5-8-3-9(6-16)10(4-8)7-16/h8-10H,3-7H2,1-2H3,(H,17,18). The Morgan fingerprint density at radius 2 is 1.77 bits per heavy atom. The number of hydrogen-bond acceptors (Lipinski definition) is 3. The van der Waals surface area contributed by atoms with E-state index in [1.165, 1.54) is 43.7 Å². The summed E-state index contributed by atoms with van der Waals surface area (Å²) in [6, 6.07) is 0. The van der Waals surface area contributed by atoms with Crippen LogP contribution in [-0.2, 0) is 19.5 Å². The van der Waals surface area contributed by atoms with Crippen molar-refractivity contribution in [2.45, 2.75) is 37.5 Å². The largest absolute Gasteiger partial charge is 0.336 e. The van der Waals surface area contributed by atoms with Crippen LogP contribution in [0.2, 0.25) is 0 Å². The molecule has 4 bridgehead atoms. The summed E-state index contributed by atoms with van der Waals surface area (Å²) in [7, 11) is 3.20. The fourth-order valence-corrected chi connectivity index (χ4v) is 5.68. The highest BCUT2D eigenvalue weighted by molar-refractivity contribution is 5.70. The molecule has 4 aliphatic carbocycles. The van der Waals surface area contributed by atoms with Gasteiger partial charge in [-0.3, -0.25) is 13.9 Å².